The Hall–Kier alpha value is -3.27. The molecular formula is C34H42O4. The smallest absolute Gasteiger partial charge is 0.343 e. The number of hydrogen-bond donors (Lipinski definition) is 0. The van der Waals surface area contributed by atoms with Gasteiger partial charge in [0.05, 0.1) is 18.8 Å². The second kappa shape index (κ2) is 14.0. The van der Waals surface area contributed by atoms with Crippen LogP contribution in [0.5, 0.6) is 17.2 Å². The third kappa shape index (κ3) is 8.11. The van der Waals surface area contributed by atoms with Gasteiger partial charge in [-0.3, -0.25) is 0 Å². The maximum Gasteiger partial charge on any atom is 0.343 e. The van der Waals surface area contributed by atoms with Crippen molar-refractivity contribution < 1.29 is 19.0 Å². The predicted molar refractivity (Wildman–Crippen MR) is 154 cm³/mol. The van der Waals surface area contributed by atoms with Crippen LogP contribution in [-0.2, 0) is 0 Å². The molecule has 3 aromatic rings. The van der Waals surface area contributed by atoms with Crippen molar-refractivity contribution in [3.63, 3.8) is 0 Å². The summed E-state index contributed by atoms with van der Waals surface area (Å²) in [5.41, 5.74) is 2.65. The molecule has 0 saturated heterocycles. The van der Waals surface area contributed by atoms with E-state index >= 15 is 0 Å². The monoisotopic (exact) mass is 514 g/mol. The van der Waals surface area contributed by atoms with Gasteiger partial charge >= 0.3 is 5.97 Å². The topological polar surface area (TPSA) is 44.8 Å². The maximum atomic E-state index is 12.6. The lowest BCUT2D eigenvalue weighted by Crippen LogP contribution is -2.28. The van der Waals surface area contributed by atoms with E-state index in [0.29, 0.717) is 29.8 Å². The molecule has 1 aliphatic rings. The standard InChI is InChI=1S/C34H42O4/c1-4-6-7-8-26-21-27(22-26)24-37-31-15-13-29(14-16-31)28-9-11-30(12-10-28)34(35)38-33-19-17-32(18-20-33)36-23-25(3)5-2/h9-20,25-27H,4-8,21-24H2,1-3H3/t25-,26?,27?/m0/s1. The van der Waals surface area contributed by atoms with Crippen LogP contribution in [0, 0.1) is 17.8 Å². The summed E-state index contributed by atoms with van der Waals surface area (Å²) in [6, 6.07) is 22.9. The lowest BCUT2D eigenvalue weighted by Gasteiger charge is -2.35. The summed E-state index contributed by atoms with van der Waals surface area (Å²) in [5, 5.41) is 0. The lowest BCUT2D eigenvalue weighted by molar-refractivity contribution is 0.0734. The molecule has 1 fully saturated rings. The van der Waals surface area contributed by atoms with Gasteiger partial charge in [-0.15, -0.1) is 0 Å². The third-order valence-electron chi connectivity index (χ3n) is 7.61. The van der Waals surface area contributed by atoms with Gasteiger partial charge < -0.3 is 14.2 Å². The van der Waals surface area contributed by atoms with Gasteiger partial charge in [-0.1, -0.05) is 77.1 Å². The molecule has 4 nitrogen and oxygen atoms in total. The first-order valence-corrected chi connectivity index (χ1v) is 14.3. The van der Waals surface area contributed by atoms with Gasteiger partial charge in [0.2, 0.25) is 0 Å². The molecule has 1 aliphatic carbocycles. The van der Waals surface area contributed by atoms with Crippen molar-refractivity contribution in [1.82, 2.24) is 0 Å². The van der Waals surface area contributed by atoms with Gasteiger partial charge in [0.15, 0.2) is 0 Å². The minimum Gasteiger partial charge on any atom is -0.493 e. The first-order chi connectivity index (χ1) is 18.5. The summed E-state index contributed by atoms with van der Waals surface area (Å²) in [4.78, 5) is 12.6. The van der Waals surface area contributed by atoms with Crippen LogP contribution in [0.3, 0.4) is 0 Å². The van der Waals surface area contributed by atoms with E-state index in [1.54, 1.807) is 24.3 Å². The van der Waals surface area contributed by atoms with Crippen LogP contribution in [0.2, 0.25) is 0 Å². The van der Waals surface area contributed by atoms with Crippen molar-refractivity contribution in [3.05, 3.63) is 78.4 Å². The van der Waals surface area contributed by atoms with Crippen molar-refractivity contribution in [3.8, 4) is 28.4 Å². The van der Waals surface area contributed by atoms with Crippen molar-refractivity contribution in [2.24, 2.45) is 17.8 Å². The maximum absolute atomic E-state index is 12.6. The zero-order valence-corrected chi connectivity index (χ0v) is 23.2. The Bertz CT molecular complexity index is 1110. The molecule has 0 aliphatic heterocycles. The molecule has 38 heavy (non-hydrogen) atoms. The van der Waals surface area contributed by atoms with E-state index in [1.165, 1.54) is 38.5 Å². The number of carbonyl (C=O) groups is 1. The first-order valence-electron chi connectivity index (χ1n) is 14.3. The summed E-state index contributed by atoms with van der Waals surface area (Å²) in [7, 11) is 0. The fourth-order valence-corrected chi connectivity index (χ4v) is 4.81. The van der Waals surface area contributed by atoms with Gasteiger partial charge in [-0.25, -0.2) is 4.79 Å². The molecule has 1 atom stereocenters. The number of esters is 1. The van der Waals surface area contributed by atoms with Crippen LogP contribution in [0.15, 0.2) is 72.8 Å². The van der Waals surface area contributed by atoms with Crippen LogP contribution in [0.25, 0.3) is 11.1 Å². The predicted octanol–water partition coefficient (Wildman–Crippen LogP) is 8.98. The molecule has 4 heteroatoms. The number of carbonyl (C=O) groups excluding carboxylic acids is 1. The Kier molecular flexibility index (Phi) is 10.3. The number of unbranched alkanes of at least 4 members (excludes halogenated alkanes) is 2. The van der Waals surface area contributed by atoms with E-state index in [4.69, 9.17) is 14.2 Å². The van der Waals surface area contributed by atoms with Crippen LogP contribution in [0.1, 0.15) is 76.1 Å². The minimum atomic E-state index is -0.378. The van der Waals surface area contributed by atoms with Crippen molar-refractivity contribution >= 4 is 5.97 Å². The van der Waals surface area contributed by atoms with E-state index in [-0.39, 0.29) is 5.97 Å². The van der Waals surface area contributed by atoms with E-state index in [0.717, 1.165) is 41.6 Å². The zero-order valence-electron chi connectivity index (χ0n) is 23.2. The van der Waals surface area contributed by atoms with Gasteiger partial charge in [0.25, 0.3) is 0 Å². The van der Waals surface area contributed by atoms with E-state index in [2.05, 4.69) is 32.9 Å². The van der Waals surface area contributed by atoms with Gasteiger partial charge in [0, 0.05) is 0 Å². The fourth-order valence-electron chi connectivity index (χ4n) is 4.81. The molecule has 0 bridgehead atoms. The SMILES string of the molecule is CCCCCC1CC(COc2ccc(-c3ccc(C(=O)Oc4ccc(OC[C@@H](C)CC)cc4)cc3)cc2)C1. The van der Waals surface area contributed by atoms with Crippen molar-refractivity contribution in [1.29, 1.82) is 0 Å². The lowest BCUT2D eigenvalue weighted by atomic mass is 9.73. The highest BCUT2D eigenvalue weighted by molar-refractivity contribution is 5.91. The highest BCUT2D eigenvalue weighted by Gasteiger charge is 2.28. The quantitative estimate of drug-likeness (QED) is 0.122. The minimum absolute atomic E-state index is 0.378. The van der Waals surface area contributed by atoms with E-state index < -0.39 is 0 Å². The van der Waals surface area contributed by atoms with Gasteiger partial charge in [-0.2, -0.15) is 0 Å². The first kappa shape index (κ1) is 27.8. The molecule has 0 unspecified atom stereocenters. The molecule has 0 radical (unpaired) electrons. The molecule has 1 saturated carbocycles. The average molecular weight is 515 g/mol. The molecule has 3 aromatic carbocycles. The summed E-state index contributed by atoms with van der Waals surface area (Å²) < 4.78 is 17.4. The Morgan fingerprint density at radius 3 is 1.97 bits per heavy atom. The second-order valence-corrected chi connectivity index (χ2v) is 10.8. The van der Waals surface area contributed by atoms with E-state index in [9.17, 15) is 4.79 Å². The molecule has 0 amide bonds. The number of rotatable bonds is 14. The Morgan fingerprint density at radius 2 is 1.34 bits per heavy atom. The zero-order chi connectivity index (χ0) is 26.7. The van der Waals surface area contributed by atoms with Crippen LogP contribution in [0.4, 0.5) is 0 Å². The number of ether oxygens (including phenoxy) is 3. The molecule has 0 N–H and O–H groups in total. The van der Waals surface area contributed by atoms with Gasteiger partial charge in [0.1, 0.15) is 17.2 Å². The summed E-state index contributed by atoms with van der Waals surface area (Å²) >= 11 is 0. The highest BCUT2D eigenvalue weighted by Crippen LogP contribution is 2.37. The highest BCUT2D eigenvalue weighted by atomic mass is 16.5. The Labute approximate surface area is 228 Å². The van der Waals surface area contributed by atoms with E-state index in [1.807, 2.05) is 36.4 Å². The van der Waals surface area contributed by atoms with Crippen LogP contribution in [-0.4, -0.2) is 19.2 Å². The summed E-state index contributed by atoms with van der Waals surface area (Å²) in [6.45, 7) is 8.06. The molecule has 4 rings (SSSR count). The fraction of sp³-hybridized carbons (Fsp3) is 0.441. The molecule has 0 spiro atoms. The van der Waals surface area contributed by atoms with Crippen molar-refractivity contribution in [2.45, 2.75) is 65.7 Å². The average Bonchev–Trinajstić information content (AvgIpc) is 2.93. The number of benzene rings is 3. The van der Waals surface area contributed by atoms with Crippen LogP contribution < -0.4 is 14.2 Å². The summed E-state index contributed by atoms with van der Waals surface area (Å²) in [5.74, 6) is 3.94. The normalized spacial score (nSPS) is 17.3. The number of hydrogen-bond acceptors (Lipinski definition) is 4. The molecular weight excluding hydrogens is 472 g/mol. The molecule has 202 valence electrons. The Balaban J connectivity index is 1.22. The largest absolute Gasteiger partial charge is 0.493 e. The third-order valence-corrected chi connectivity index (χ3v) is 7.61. The summed E-state index contributed by atoms with van der Waals surface area (Å²) in [6.07, 6.45) is 9.13. The van der Waals surface area contributed by atoms with Gasteiger partial charge in [-0.05, 0) is 90.3 Å². The van der Waals surface area contributed by atoms with Crippen molar-refractivity contribution in [2.75, 3.05) is 13.2 Å². The molecule has 0 aromatic heterocycles. The second-order valence-electron chi connectivity index (χ2n) is 10.8. The van der Waals surface area contributed by atoms with Crippen LogP contribution >= 0.6 is 0 Å². The Morgan fingerprint density at radius 1 is 0.763 bits per heavy atom. The molecule has 0 heterocycles.